The summed E-state index contributed by atoms with van der Waals surface area (Å²) < 4.78 is 0. The molecule has 0 aromatic heterocycles. The van der Waals surface area contributed by atoms with Crippen molar-refractivity contribution in [3.63, 3.8) is 0 Å². The molecule has 1 heterocycles. The van der Waals surface area contributed by atoms with E-state index in [9.17, 15) is 9.90 Å². The molecule has 98 valence electrons. The number of hydrogen-bond donors (Lipinski definition) is 3. The minimum atomic E-state index is 0.151. The van der Waals surface area contributed by atoms with Crippen LogP contribution in [0.2, 0.25) is 0 Å². The SMILES string of the molecule is O=C(NCC1CCCC1CO)C1CCCNC1. The highest BCUT2D eigenvalue weighted by atomic mass is 16.3. The van der Waals surface area contributed by atoms with E-state index in [1.807, 2.05) is 0 Å². The summed E-state index contributed by atoms with van der Waals surface area (Å²) in [6, 6.07) is 0. The first-order valence-corrected chi connectivity index (χ1v) is 6.90. The lowest BCUT2D eigenvalue weighted by atomic mass is 9.95. The van der Waals surface area contributed by atoms with Crippen molar-refractivity contribution in [2.45, 2.75) is 32.1 Å². The molecule has 0 aromatic rings. The Morgan fingerprint density at radius 2 is 2.06 bits per heavy atom. The van der Waals surface area contributed by atoms with Crippen LogP contribution in [0.4, 0.5) is 0 Å². The van der Waals surface area contributed by atoms with Crippen molar-refractivity contribution >= 4 is 5.91 Å². The van der Waals surface area contributed by atoms with Gasteiger partial charge in [0, 0.05) is 19.7 Å². The first-order valence-electron chi connectivity index (χ1n) is 6.90. The molecule has 0 radical (unpaired) electrons. The number of aliphatic hydroxyl groups is 1. The van der Waals surface area contributed by atoms with Gasteiger partial charge < -0.3 is 15.7 Å². The maximum absolute atomic E-state index is 11.9. The summed E-state index contributed by atoms with van der Waals surface area (Å²) in [5, 5.41) is 15.6. The number of hydrogen-bond acceptors (Lipinski definition) is 3. The molecule has 3 unspecified atom stereocenters. The molecule has 1 amide bonds. The topological polar surface area (TPSA) is 61.4 Å². The fourth-order valence-corrected chi connectivity index (χ4v) is 3.07. The van der Waals surface area contributed by atoms with E-state index in [1.165, 1.54) is 6.42 Å². The summed E-state index contributed by atoms with van der Waals surface area (Å²) in [6.07, 6.45) is 5.56. The van der Waals surface area contributed by atoms with Crippen LogP contribution in [0.25, 0.3) is 0 Å². The van der Waals surface area contributed by atoms with Gasteiger partial charge >= 0.3 is 0 Å². The standard InChI is InChI=1S/C13H24N2O2/c16-9-12-4-1-3-10(12)8-15-13(17)11-5-2-6-14-7-11/h10-12,14,16H,1-9H2,(H,15,17). The van der Waals surface area contributed by atoms with Crippen LogP contribution < -0.4 is 10.6 Å². The van der Waals surface area contributed by atoms with Crippen LogP contribution in [0, 0.1) is 17.8 Å². The number of amides is 1. The third-order valence-electron chi connectivity index (χ3n) is 4.26. The summed E-state index contributed by atoms with van der Waals surface area (Å²) in [5.41, 5.74) is 0. The highest BCUT2D eigenvalue weighted by Gasteiger charge is 2.28. The quantitative estimate of drug-likeness (QED) is 0.671. The minimum Gasteiger partial charge on any atom is -0.396 e. The van der Waals surface area contributed by atoms with Crippen LogP contribution in [0.1, 0.15) is 32.1 Å². The first kappa shape index (κ1) is 12.8. The molecule has 0 aromatic carbocycles. The van der Waals surface area contributed by atoms with E-state index in [0.717, 1.165) is 45.3 Å². The van der Waals surface area contributed by atoms with Gasteiger partial charge in [-0.2, -0.15) is 0 Å². The monoisotopic (exact) mass is 240 g/mol. The lowest BCUT2D eigenvalue weighted by Gasteiger charge is -2.24. The Morgan fingerprint density at radius 1 is 1.24 bits per heavy atom. The van der Waals surface area contributed by atoms with Gasteiger partial charge in [0.05, 0.1) is 5.92 Å². The Kier molecular flexibility index (Phi) is 4.80. The van der Waals surface area contributed by atoms with Gasteiger partial charge in [0.2, 0.25) is 5.91 Å². The van der Waals surface area contributed by atoms with Crippen molar-refractivity contribution in [2.24, 2.45) is 17.8 Å². The molecular weight excluding hydrogens is 216 g/mol. The molecule has 2 fully saturated rings. The van der Waals surface area contributed by atoms with Gasteiger partial charge in [0.1, 0.15) is 0 Å². The van der Waals surface area contributed by atoms with Gasteiger partial charge in [-0.05, 0) is 44.1 Å². The number of carbonyl (C=O) groups excluding carboxylic acids is 1. The second-order valence-electron chi connectivity index (χ2n) is 5.42. The highest BCUT2D eigenvalue weighted by Crippen LogP contribution is 2.30. The molecule has 0 spiro atoms. The molecule has 1 aliphatic carbocycles. The Balaban J connectivity index is 1.71. The number of rotatable bonds is 4. The van der Waals surface area contributed by atoms with Gasteiger partial charge in [-0.25, -0.2) is 0 Å². The largest absolute Gasteiger partial charge is 0.396 e. The van der Waals surface area contributed by atoms with Gasteiger partial charge in [-0.3, -0.25) is 4.79 Å². The zero-order valence-electron chi connectivity index (χ0n) is 10.5. The molecule has 3 atom stereocenters. The van der Waals surface area contributed by atoms with Crippen molar-refractivity contribution in [2.75, 3.05) is 26.2 Å². The maximum Gasteiger partial charge on any atom is 0.224 e. The van der Waals surface area contributed by atoms with Gasteiger partial charge in [0.25, 0.3) is 0 Å². The lowest BCUT2D eigenvalue weighted by Crippen LogP contribution is -2.42. The number of piperidine rings is 1. The molecule has 3 N–H and O–H groups in total. The number of carbonyl (C=O) groups is 1. The van der Waals surface area contributed by atoms with Gasteiger partial charge in [-0.1, -0.05) is 6.42 Å². The van der Waals surface area contributed by atoms with Crippen molar-refractivity contribution < 1.29 is 9.90 Å². The molecule has 1 saturated carbocycles. The third-order valence-corrected chi connectivity index (χ3v) is 4.26. The Labute approximate surface area is 103 Å². The molecule has 2 aliphatic rings. The number of nitrogens with one attached hydrogen (secondary N) is 2. The van der Waals surface area contributed by atoms with E-state index in [2.05, 4.69) is 10.6 Å². The Bertz CT molecular complexity index is 252. The zero-order valence-corrected chi connectivity index (χ0v) is 10.5. The second-order valence-corrected chi connectivity index (χ2v) is 5.42. The lowest BCUT2D eigenvalue weighted by molar-refractivity contribution is -0.125. The highest BCUT2D eigenvalue weighted by molar-refractivity contribution is 5.78. The number of aliphatic hydroxyl groups excluding tert-OH is 1. The molecule has 0 bridgehead atoms. The van der Waals surface area contributed by atoms with E-state index in [4.69, 9.17) is 0 Å². The van der Waals surface area contributed by atoms with Crippen LogP contribution in [0.5, 0.6) is 0 Å². The van der Waals surface area contributed by atoms with Crippen LogP contribution >= 0.6 is 0 Å². The van der Waals surface area contributed by atoms with Crippen LogP contribution in [0.15, 0.2) is 0 Å². The molecule has 2 rings (SSSR count). The average molecular weight is 240 g/mol. The van der Waals surface area contributed by atoms with E-state index < -0.39 is 0 Å². The zero-order chi connectivity index (χ0) is 12.1. The predicted octanol–water partition coefficient (Wildman–Crippen LogP) is 0.511. The van der Waals surface area contributed by atoms with Crippen LogP contribution in [-0.4, -0.2) is 37.3 Å². The molecule has 4 nitrogen and oxygen atoms in total. The maximum atomic E-state index is 11.9. The van der Waals surface area contributed by atoms with Gasteiger partial charge in [0.15, 0.2) is 0 Å². The summed E-state index contributed by atoms with van der Waals surface area (Å²) in [6.45, 7) is 2.88. The smallest absolute Gasteiger partial charge is 0.224 e. The molecule has 1 saturated heterocycles. The van der Waals surface area contributed by atoms with Crippen LogP contribution in [-0.2, 0) is 4.79 Å². The Morgan fingerprint density at radius 3 is 2.76 bits per heavy atom. The Hall–Kier alpha value is -0.610. The van der Waals surface area contributed by atoms with E-state index >= 15 is 0 Å². The minimum absolute atomic E-state index is 0.151. The second kappa shape index (κ2) is 6.36. The van der Waals surface area contributed by atoms with Crippen molar-refractivity contribution in [3.05, 3.63) is 0 Å². The predicted molar refractivity (Wildman–Crippen MR) is 66.5 cm³/mol. The molecule has 4 heteroatoms. The fourth-order valence-electron chi connectivity index (χ4n) is 3.07. The van der Waals surface area contributed by atoms with Crippen molar-refractivity contribution in [1.29, 1.82) is 0 Å². The third kappa shape index (κ3) is 3.42. The average Bonchev–Trinajstić information content (AvgIpc) is 2.84. The summed E-state index contributed by atoms with van der Waals surface area (Å²) in [4.78, 5) is 11.9. The summed E-state index contributed by atoms with van der Waals surface area (Å²) in [7, 11) is 0. The van der Waals surface area contributed by atoms with E-state index in [-0.39, 0.29) is 18.4 Å². The summed E-state index contributed by atoms with van der Waals surface area (Å²) in [5.74, 6) is 1.23. The fraction of sp³-hybridized carbons (Fsp3) is 0.923. The van der Waals surface area contributed by atoms with Crippen LogP contribution in [0.3, 0.4) is 0 Å². The summed E-state index contributed by atoms with van der Waals surface area (Å²) >= 11 is 0. The van der Waals surface area contributed by atoms with E-state index in [0.29, 0.717) is 11.8 Å². The van der Waals surface area contributed by atoms with Crippen molar-refractivity contribution in [1.82, 2.24) is 10.6 Å². The van der Waals surface area contributed by atoms with E-state index in [1.54, 1.807) is 0 Å². The van der Waals surface area contributed by atoms with Crippen molar-refractivity contribution in [3.8, 4) is 0 Å². The molecular formula is C13H24N2O2. The normalized spacial score (nSPS) is 33.6. The molecule has 17 heavy (non-hydrogen) atoms. The first-order chi connectivity index (χ1) is 8.31. The molecule has 1 aliphatic heterocycles. The van der Waals surface area contributed by atoms with Gasteiger partial charge in [-0.15, -0.1) is 0 Å².